The third-order valence-corrected chi connectivity index (χ3v) is 5.35. The molecule has 3 heterocycles. The zero-order valence-corrected chi connectivity index (χ0v) is 14.5. The van der Waals surface area contributed by atoms with Crippen LogP contribution >= 0.6 is 0 Å². The summed E-state index contributed by atoms with van der Waals surface area (Å²) in [5.74, 6) is 0.217. The molecule has 0 aromatic carbocycles. The van der Waals surface area contributed by atoms with E-state index in [1.54, 1.807) is 18.7 Å². The monoisotopic (exact) mass is 339 g/mol. The quantitative estimate of drug-likeness (QED) is 0.872. The third kappa shape index (κ3) is 3.90. The average Bonchev–Trinajstić information content (AvgIpc) is 3.22. The van der Waals surface area contributed by atoms with Crippen molar-refractivity contribution in [2.75, 3.05) is 13.1 Å². The number of hydrogen-bond acceptors (Lipinski definition) is 4. The Balaban J connectivity index is 1.32. The van der Waals surface area contributed by atoms with E-state index in [4.69, 9.17) is 0 Å². The second-order valence-corrected chi connectivity index (χ2v) is 7.42. The Hall–Kier alpha value is -2.21. The number of imidazole rings is 1. The van der Waals surface area contributed by atoms with Crippen LogP contribution in [0.4, 0.5) is 0 Å². The molecule has 0 radical (unpaired) electrons. The molecule has 1 N–H and O–H groups in total. The van der Waals surface area contributed by atoms with Crippen LogP contribution < -0.4 is 5.32 Å². The summed E-state index contributed by atoms with van der Waals surface area (Å²) in [6.07, 6.45) is 13.4. The number of carbonyl (C=O) groups is 1. The smallest absolute Gasteiger partial charge is 0.228 e. The minimum absolute atomic E-state index is 0.216. The summed E-state index contributed by atoms with van der Waals surface area (Å²) in [5, 5.41) is 3.32. The maximum absolute atomic E-state index is 12.8. The molecule has 0 spiro atoms. The maximum atomic E-state index is 12.8. The van der Waals surface area contributed by atoms with Gasteiger partial charge in [0.2, 0.25) is 5.91 Å². The van der Waals surface area contributed by atoms with Crippen molar-refractivity contribution in [3.8, 4) is 0 Å². The third-order valence-electron chi connectivity index (χ3n) is 5.35. The zero-order valence-electron chi connectivity index (χ0n) is 14.5. The molecule has 1 aliphatic carbocycles. The Labute approximate surface area is 148 Å². The highest BCUT2D eigenvalue weighted by Gasteiger charge is 2.50. The van der Waals surface area contributed by atoms with Gasteiger partial charge in [0.15, 0.2) is 0 Å². The van der Waals surface area contributed by atoms with Crippen molar-refractivity contribution >= 4 is 5.91 Å². The highest BCUT2D eigenvalue weighted by atomic mass is 16.2. The number of nitrogens with zero attached hydrogens (tertiary/aromatic N) is 4. The van der Waals surface area contributed by atoms with Gasteiger partial charge in [0, 0.05) is 50.5 Å². The van der Waals surface area contributed by atoms with Gasteiger partial charge in [0.1, 0.15) is 0 Å². The highest BCUT2D eigenvalue weighted by Crippen LogP contribution is 2.47. The van der Waals surface area contributed by atoms with Gasteiger partial charge in [-0.25, -0.2) is 4.98 Å². The summed E-state index contributed by atoms with van der Waals surface area (Å²) >= 11 is 0. The molecule has 6 heteroatoms. The lowest BCUT2D eigenvalue weighted by Crippen LogP contribution is -2.49. The van der Waals surface area contributed by atoms with Gasteiger partial charge in [0.25, 0.3) is 0 Å². The van der Waals surface area contributed by atoms with Crippen LogP contribution in [0.2, 0.25) is 0 Å². The lowest BCUT2D eigenvalue weighted by Gasteiger charge is -2.34. The predicted octanol–water partition coefficient (Wildman–Crippen LogP) is 1.84. The number of piperidine rings is 1. The standard InChI is InChI=1S/C19H25N5O/c25-18(19(5-6-19)14-24-10-8-21-15-24)22-17-4-2-9-23(13-17)12-16-3-1-7-20-11-16/h1,3,7-8,10-11,15,17H,2,4-6,9,12-14H2,(H,22,25)/t17-/m0/s1. The molecule has 1 atom stereocenters. The summed E-state index contributed by atoms with van der Waals surface area (Å²) in [5.41, 5.74) is 1.01. The van der Waals surface area contributed by atoms with Crippen LogP contribution in [0.3, 0.4) is 0 Å². The molecular weight excluding hydrogens is 314 g/mol. The topological polar surface area (TPSA) is 63.1 Å². The molecule has 2 aromatic heterocycles. The van der Waals surface area contributed by atoms with Crippen LogP contribution in [0, 0.1) is 5.41 Å². The maximum Gasteiger partial charge on any atom is 0.228 e. The summed E-state index contributed by atoms with van der Waals surface area (Å²) < 4.78 is 2.02. The lowest BCUT2D eigenvalue weighted by molar-refractivity contribution is -0.128. The normalized spacial score (nSPS) is 22.5. The number of pyridine rings is 1. The van der Waals surface area contributed by atoms with E-state index in [2.05, 4.69) is 26.3 Å². The van der Waals surface area contributed by atoms with Gasteiger partial charge in [-0.3, -0.25) is 14.7 Å². The van der Waals surface area contributed by atoms with E-state index in [9.17, 15) is 4.79 Å². The van der Waals surface area contributed by atoms with E-state index in [0.29, 0.717) is 0 Å². The van der Waals surface area contributed by atoms with E-state index >= 15 is 0 Å². The molecule has 25 heavy (non-hydrogen) atoms. The molecule has 1 saturated carbocycles. The number of likely N-dealkylation sites (tertiary alicyclic amines) is 1. The second kappa shape index (κ2) is 6.96. The van der Waals surface area contributed by atoms with Crippen molar-refractivity contribution < 1.29 is 4.79 Å². The summed E-state index contributed by atoms with van der Waals surface area (Å²) in [4.78, 5) is 23.5. The molecular formula is C19H25N5O. The van der Waals surface area contributed by atoms with Gasteiger partial charge < -0.3 is 9.88 Å². The average molecular weight is 339 g/mol. The van der Waals surface area contributed by atoms with Gasteiger partial charge in [-0.2, -0.15) is 0 Å². The van der Waals surface area contributed by atoms with Crippen molar-refractivity contribution in [3.63, 3.8) is 0 Å². The molecule has 6 nitrogen and oxygen atoms in total. The fourth-order valence-corrected chi connectivity index (χ4v) is 3.74. The van der Waals surface area contributed by atoms with Crippen LogP contribution in [-0.4, -0.2) is 44.5 Å². The van der Waals surface area contributed by atoms with E-state index < -0.39 is 0 Å². The molecule has 1 amide bonds. The Kier molecular flexibility index (Phi) is 4.53. The number of aromatic nitrogens is 3. The summed E-state index contributed by atoms with van der Waals surface area (Å²) in [6.45, 7) is 3.65. The first-order chi connectivity index (χ1) is 12.2. The first kappa shape index (κ1) is 16.3. The van der Waals surface area contributed by atoms with Crippen molar-refractivity contribution in [3.05, 3.63) is 48.8 Å². The molecule has 1 aliphatic heterocycles. The van der Waals surface area contributed by atoms with E-state index in [0.717, 1.165) is 51.9 Å². The number of carbonyl (C=O) groups excluding carboxylic acids is 1. The van der Waals surface area contributed by atoms with Crippen LogP contribution in [0.15, 0.2) is 43.2 Å². The first-order valence-electron chi connectivity index (χ1n) is 9.11. The number of rotatable bonds is 6. The Morgan fingerprint density at radius 1 is 1.32 bits per heavy atom. The molecule has 1 saturated heterocycles. The SMILES string of the molecule is O=C(N[C@H]1CCCN(Cc2cccnc2)C1)C1(Cn2ccnc2)CC1. The Morgan fingerprint density at radius 3 is 2.96 bits per heavy atom. The minimum Gasteiger partial charge on any atom is -0.352 e. The van der Waals surface area contributed by atoms with E-state index in [1.807, 2.05) is 23.0 Å². The molecule has 2 aromatic rings. The Morgan fingerprint density at radius 2 is 2.24 bits per heavy atom. The van der Waals surface area contributed by atoms with Gasteiger partial charge in [-0.05, 0) is 43.9 Å². The number of nitrogens with one attached hydrogen (secondary N) is 1. The van der Waals surface area contributed by atoms with Crippen LogP contribution in [0.1, 0.15) is 31.2 Å². The lowest BCUT2D eigenvalue weighted by atomic mass is 10.0. The number of hydrogen-bond donors (Lipinski definition) is 1. The van der Waals surface area contributed by atoms with Crippen molar-refractivity contribution in [2.45, 2.75) is 44.8 Å². The van der Waals surface area contributed by atoms with Crippen LogP contribution in [0.5, 0.6) is 0 Å². The van der Waals surface area contributed by atoms with Gasteiger partial charge in [0.05, 0.1) is 11.7 Å². The van der Waals surface area contributed by atoms with E-state index in [-0.39, 0.29) is 17.4 Å². The molecule has 0 bridgehead atoms. The molecule has 0 unspecified atom stereocenters. The predicted molar refractivity (Wildman–Crippen MR) is 94.6 cm³/mol. The highest BCUT2D eigenvalue weighted by molar-refractivity contribution is 5.85. The minimum atomic E-state index is -0.216. The molecule has 4 rings (SSSR count). The van der Waals surface area contributed by atoms with Crippen LogP contribution in [0.25, 0.3) is 0 Å². The van der Waals surface area contributed by atoms with Gasteiger partial charge in [-0.15, -0.1) is 0 Å². The molecule has 2 aliphatic rings. The van der Waals surface area contributed by atoms with Crippen molar-refractivity contribution in [2.24, 2.45) is 5.41 Å². The zero-order chi connectivity index (χ0) is 17.1. The number of amides is 1. The fourth-order valence-electron chi connectivity index (χ4n) is 3.74. The van der Waals surface area contributed by atoms with E-state index in [1.165, 1.54) is 5.56 Å². The Bertz CT molecular complexity index is 696. The fraction of sp³-hybridized carbons (Fsp3) is 0.526. The van der Waals surface area contributed by atoms with Gasteiger partial charge >= 0.3 is 0 Å². The first-order valence-corrected chi connectivity index (χ1v) is 9.11. The van der Waals surface area contributed by atoms with Crippen molar-refractivity contribution in [1.29, 1.82) is 0 Å². The van der Waals surface area contributed by atoms with Gasteiger partial charge in [-0.1, -0.05) is 6.07 Å². The van der Waals surface area contributed by atoms with Crippen molar-refractivity contribution in [1.82, 2.24) is 24.8 Å². The molecule has 2 fully saturated rings. The van der Waals surface area contributed by atoms with Crippen LogP contribution in [-0.2, 0) is 17.9 Å². The summed E-state index contributed by atoms with van der Waals surface area (Å²) in [6, 6.07) is 4.34. The second-order valence-electron chi connectivity index (χ2n) is 7.42. The summed E-state index contributed by atoms with van der Waals surface area (Å²) in [7, 11) is 0. The molecule has 132 valence electrons. The largest absolute Gasteiger partial charge is 0.352 e.